The maximum absolute atomic E-state index is 5.38. The van der Waals surface area contributed by atoms with Crippen LogP contribution in [0, 0.1) is 6.92 Å². The fourth-order valence-corrected chi connectivity index (χ4v) is 1.64. The standard InChI is InChI=1S/C14H26N4/c1-13-2-4-14(5-3-13)12-18-11-10-17-9-8-16-7-6-15/h2-5,16-18H,6-12,15H2,1H3. The maximum Gasteiger partial charge on any atom is 0.0206 e. The van der Waals surface area contributed by atoms with Crippen LogP contribution in [0.25, 0.3) is 0 Å². The Bertz CT molecular complexity index is 297. The average molecular weight is 250 g/mol. The molecule has 1 aromatic carbocycles. The highest BCUT2D eigenvalue weighted by Gasteiger charge is 1.92. The summed E-state index contributed by atoms with van der Waals surface area (Å²) in [4.78, 5) is 0. The first-order chi connectivity index (χ1) is 8.83. The minimum absolute atomic E-state index is 0.706. The normalized spacial score (nSPS) is 10.8. The van der Waals surface area contributed by atoms with E-state index in [1.165, 1.54) is 11.1 Å². The van der Waals surface area contributed by atoms with E-state index in [-0.39, 0.29) is 0 Å². The van der Waals surface area contributed by atoms with Crippen molar-refractivity contribution in [3.05, 3.63) is 35.4 Å². The van der Waals surface area contributed by atoms with Crippen LogP contribution >= 0.6 is 0 Å². The number of rotatable bonds is 10. The predicted octanol–water partition coefficient (Wildman–Crippen LogP) is 0.223. The molecule has 0 spiro atoms. The second-order valence-electron chi connectivity index (χ2n) is 4.45. The van der Waals surface area contributed by atoms with E-state index in [0.717, 1.165) is 39.3 Å². The lowest BCUT2D eigenvalue weighted by Crippen LogP contribution is -2.34. The molecule has 0 fully saturated rings. The second kappa shape index (κ2) is 10.0. The lowest BCUT2D eigenvalue weighted by atomic mass is 10.1. The number of benzene rings is 1. The molecule has 18 heavy (non-hydrogen) atoms. The third kappa shape index (κ3) is 7.40. The molecule has 0 amide bonds. The van der Waals surface area contributed by atoms with Gasteiger partial charge in [-0.05, 0) is 12.5 Å². The molecule has 0 aliphatic heterocycles. The van der Waals surface area contributed by atoms with Gasteiger partial charge in [-0.3, -0.25) is 0 Å². The topological polar surface area (TPSA) is 62.1 Å². The lowest BCUT2D eigenvalue weighted by molar-refractivity contribution is 0.583. The Balaban J connectivity index is 1.91. The molecule has 1 rings (SSSR count). The Morgan fingerprint density at radius 1 is 0.833 bits per heavy atom. The van der Waals surface area contributed by atoms with Crippen molar-refractivity contribution in [2.45, 2.75) is 13.5 Å². The quantitative estimate of drug-likeness (QED) is 0.449. The first kappa shape index (κ1) is 15.1. The first-order valence-corrected chi connectivity index (χ1v) is 6.70. The van der Waals surface area contributed by atoms with Gasteiger partial charge < -0.3 is 21.7 Å². The summed E-state index contributed by atoms with van der Waals surface area (Å²) in [6.07, 6.45) is 0. The first-order valence-electron chi connectivity index (χ1n) is 6.70. The highest BCUT2D eigenvalue weighted by Crippen LogP contribution is 2.01. The monoisotopic (exact) mass is 250 g/mol. The van der Waals surface area contributed by atoms with Crippen LogP contribution in [0.3, 0.4) is 0 Å². The van der Waals surface area contributed by atoms with Crippen LogP contribution in [0.4, 0.5) is 0 Å². The number of hydrogen-bond donors (Lipinski definition) is 4. The fraction of sp³-hybridized carbons (Fsp3) is 0.571. The van der Waals surface area contributed by atoms with Gasteiger partial charge in [0.05, 0.1) is 0 Å². The van der Waals surface area contributed by atoms with Gasteiger partial charge in [0.2, 0.25) is 0 Å². The van der Waals surface area contributed by atoms with Gasteiger partial charge in [-0.15, -0.1) is 0 Å². The van der Waals surface area contributed by atoms with Crippen molar-refractivity contribution in [1.29, 1.82) is 0 Å². The Morgan fingerprint density at radius 2 is 1.39 bits per heavy atom. The smallest absolute Gasteiger partial charge is 0.0206 e. The van der Waals surface area contributed by atoms with Crippen LogP contribution in [-0.4, -0.2) is 39.3 Å². The van der Waals surface area contributed by atoms with Crippen LogP contribution in [0.1, 0.15) is 11.1 Å². The van der Waals surface area contributed by atoms with E-state index in [4.69, 9.17) is 5.73 Å². The van der Waals surface area contributed by atoms with E-state index in [1.54, 1.807) is 0 Å². The number of aryl methyl sites for hydroxylation is 1. The molecule has 0 saturated heterocycles. The van der Waals surface area contributed by atoms with Gasteiger partial charge >= 0.3 is 0 Å². The zero-order valence-electron chi connectivity index (χ0n) is 11.3. The molecule has 0 aliphatic rings. The van der Waals surface area contributed by atoms with Crippen molar-refractivity contribution in [1.82, 2.24) is 16.0 Å². The molecule has 102 valence electrons. The third-order valence-corrected chi connectivity index (χ3v) is 2.73. The highest BCUT2D eigenvalue weighted by atomic mass is 15.0. The van der Waals surface area contributed by atoms with Gasteiger partial charge in [-0.2, -0.15) is 0 Å². The van der Waals surface area contributed by atoms with Crippen molar-refractivity contribution in [2.75, 3.05) is 39.3 Å². The molecule has 0 heterocycles. The molecule has 0 atom stereocenters. The van der Waals surface area contributed by atoms with Crippen molar-refractivity contribution < 1.29 is 0 Å². The molecule has 0 radical (unpaired) electrons. The molecule has 0 unspecified atom stereocenters. The van der Waals surface area contributed by atoms with Gasteiger partial charge in [-0.1, -0.05) is 29.8 Å². The summed E-state index contributed by atoms with van der Waals surface area (Å²) in [5.74, 6) is 0. The van der Waals surface area contributed by atoms with Gasteiger partial charge in [0, 0.05) is 45.8 Å². The van der Waals surface area contributed by atoms with E-state index in [9.17, 15) is 0 Å². The maximum atomic E-state index is 5.38. The molecule has 4 nitrogen and oxygen atoms in total. The summed E-state index contributed by atoms with van der Waals surface area (Å²) in [6.45, 7) is 8.61. The van der Waals surface area contributed by atoms with E-state index < -0.39 is 0 Å². The number of nitrogens with one attached hydrogen (secondary N) is 3. The van der Waals surface area contributed by atoms with Crippen LogP contribution in [-0.2, 0) is 6.54 Å². The van der Waals surface area contributed by atoms with Crippen LogP contribution in [0.15, 0.2) is 24.3 Å². The third-order valence-electron chi connectivity index (χ3n) is 2.73. The summed E-state index contributed by atoms with van der Waals surface area (Å²) >= 11 is 0. The molecular weight excluding hydrogens is 224 g/mol. The predicted molar refractivity (Wildman–Crippen MR) is 77.7 cm³/mol. The van der Waals surface area contributed by atoms with E-state index in [2.05, 4.69) is 47.1 Å². The molecule has 5 N–H and O–H groups in total. The second-order valence-corrected chi connectivity index (χ2v) is 4.45. The van der Waals surface area contributed by atoms with Crippen LogP contribution < -0.4 is 21.7 Å². The molecule has 0 aromatic heterocycles. The fourth-order valence-electron chi connectivity index (χ4n) is 1.64. The summed E-state index contributed by atoms with van der Waals surface area (Å²) < 4.78 is 0. The van der Waals surface area contributed by atoms with E-state index in [0.29, 0.717) is 6.54 Å². The zero-order valence-corrected chi connectivity index (χ0v) is 11.3. The minimum Gasteiger partial charge on any atom is -0.329 e. The van der Waals surface area contributed by atoms with Gasteiger partial charge in [0.1, 0.15) is 0 Å². The number of hydrogen-bond acceptors (Lipinski definition) is 4. The molecule has 0 aliphatic carbocycles. The Kier molecular flexibility index (Phi) is 8.42. The minimum atomic E-state index is 0.706. The Labute approximate surface area is 110 Å². The summed E-state index contributed by atoms with van der Waals surface area (Å²) in [6, 6.07) is 8.65. The van der Waals surface area contributed by atoms with Crippen LogP contribution in [0.2, 0.25) is 0 Å². The summed E-state index contributed by atoms with van der Waals surface area (Å²) in [5.41, 5.74) is 8.03. The lowest BCUT2D eigenvalue weighted by Gasteiger charge is -2.07. The highest BCUT2D eigenvalue weighted by molar-refractivity contribution is 5.20. The summed E-state index contributed by atoms with van der Waals surface area (Å²) in [5, 5.41) is 10.0. The SMILES string of the molecule is Cc1ccc(CNCCNCCNCCN)cc1. The number of nitrogens with two attached hydrogens (primary N) is 1. The molecule has 4 heteroatoms. The van der Waals surface area contributed by atoms with E-state index in [1.807, 2.05) is 0 Å². The summed E-state index contributed by atoms with van der Waals surface area (Å²) in [7, 11) is 0. The Hall–Kier alpha value is -0.940. The molecule has 0 saturated carbocycles. The van der Waals surface area contributed by atoms with Crippen molar-refractivity contribution in [3.63, 3.8) is 0 Å². The Morgan fingerprint density at radius 3 is 2.00 bits per heavy atom. The van der Waals surface area contributed by atoms with Crippen molar-refractivity contribution in [2.24, 2.45) is 5.73 Å². The van der Waals surface area contributed by atoms with Gasteiger partial charge in [-0.25, -0.2) is 0 Å². The van der Waals surface area contributed by atoms with Crippen LogP contribution in [0.5, 0.6) is 0 Å². The van der Waals surface area contributed by atoms with Gasteiger partial charge in [0.15, 0.2) is 0 Å². The molecule has 0 bridgehead atoms. The van der Waals surface area contributed by atoms with Crippen molar-refractivity contribution in [3.8, 4) is 0 Å². The van der Waals surface area contributed by atoms with E-state index >= 15 is 0 Å². The van der Waals surface area contributed by atoms with Crippen molar-refractivity contribution >= 4 is 0 Å². The largest absolute Gasteiger partial charge is 0.329 e. The van der Waals surface area contributed by atoms with Gasteiger partial charge in [0.25, 0.3) is 0 Å². The zero-order chi connectivity index (χ0) is 13.1. The molecule has 1 aromatic rings. The molecular formula is C14H26N4. The average Bonchev–Trinajstić information content (AvgIpc) is 2.39.